The quantitative estimate of drug-likeness (QED) is 0.503. The normalized spacial score (nSPS) is 11.0. The van der Waals surface area contributed by atoms with Crippen LogP contribution in [0.1, 0.15) is 5.69 Å². The van der Waals surface area contributed by atoms with Gasteiger partial charge in [-0.3, -0.25) is 9.20 Å². The van der Waals surface area contributed by atoms with Crippen LogP contribution in [0.25, 0.3) is 16.2 Å². The number of nitrogens with zero attached hydrogens (tertiary/aromatic N) is 4. The Morgan fingerprint density at radius 1 is 1.24 bits per heavy atom. The highest BCUT2D eigenvalue weighted by molar-refractivity contribution is 7.14. The van der Waals surface area contributed by atoms with E-state index in [1.54, 1.807) is 35.7 Å². The van der Waals surface area contributed by atoms with E-state index >= 15 is 0 Å². The summed E-state index contributed by atoms with van der Waals surface area (Å²) in [5.41, 5.74) is 1.85. The van der Waals surface area contributed by atoms with Gasteiger partial charge in [0.05, 0.1) is 5.69 Å². The van der Waals surface area contributed by atoms with Gasteiger partial charge in [-0.2, -0.15) is 11.3 Å². The van der Waals surface area contributed by atoms with Gasteiger partial charge in [0, 0.05) is 22.5 Å². The Labute approximate surface area is 149 Å². The number of ether oxygens (including phenoxy) is 1. The molecule has 126 valence electrons. The van der Waals surface area contributed by atoms with E-state index in [4.69, 9.17) is 4.74 Å². The van der Waals surface area contributed by atoms with Crippen LogP contribution < -0.4 is 5.69 Å². The number of carbonyl (C=O) groups excluding carboxylic acids is 1. The van der Waals surface area contributed by atoms with Crippen LogP contribution in [0.15, 0.2) is 51.4 Å². The van der Waals surface area contributed by atoms with E-state index in [0.29, 0.717) is 11.3 Å². The third-order valence-corrected chi connectivity index (χ3v) is 5.09. The molecule has 0 unspecified atom stereocenters. The molecule has 0 amide bonds. The molecule has 25 heavy (non-hydrogen) atoms. The van der Waals surface area contributed by atoms with Crippen LogP contribution in [0, 0.1) is 0 Å². The van der Waals surface area contributed by atoms with Gasteiger partial charge in [0.25, 0.3) is 0 Å². The Bertz CT molecular complexity index is 1080. The van der Waals surface area contributed by atoms with Gasteiger partial charge in [-0.15, -0.1) is 16.4 Å². The zero-order chi connectivity index (χ0) is 17.2. The van der Waals surface area contributed by atoms with E-state index in [-0.39, 0.29) is 18.8 Å². The zero-order valence-electron chi connectivity index (χ0n) is 12.9. The number of thiazole rings is 1. The number of fused-ring (bicyclic) bond motifs is 1. The van der Waals surface area contributed by atoms with Crippen LogP contribution in [0.4, 0.5) is 0 Å². The minimum Gasteiger partial charge on any atom is -0.458 e. The molecule has 0 aliphatic heterocycles. The van der Waals surface area contributed by atoms with Crippen LogP contribution in [0.2, 0.25) is 0 Å². The number of carbonyl (C=O) groups is 1. The molecule has 0 fully saturated rings. The number of esters is 1. The Balaban J connectivity index is 1.41. The lowest BCUT2D eigenvalue weighted by Gasteiger charge is -2.01. The molecular formula is C16H12N4O3S2. The molecule has 0 aliphatic rings. The second-order valence-corrected chi connectivity index (χ2v) is 6.82. The second kappa shape index (κ2) is 6.61. The summed E-state index contributed by atoms with van der Waals surface area (Å²) in [6.07, 6.45) is 1.60. The van der Waals surface area contributed by atoms with Crippen molar-refractivity contribution in [3.63, 3.8) is 0 Å². The third kappa shape index (κ3) is 3.24. The molecule has 9 heteroatoms. The average Bonchev–Trinajstić information content (AvgIpc) is 3.34. The molecule has 0 saturated heterocycles. The maximum Gasteiger partial charge on any atom is 0.350 e. The molecular weight excluding hydrogens is 360 g/mol. The van der Waals surface area contributed by atoms with Crippen molar-refractivity contribution < 1.29 is 9.53 Å². The fourth-order valence-corrected chi connectivity index (χ4v) is 3.80. The summed E-state index contributed by atoms with van der Waals surface area (Å²) in [6.45, 7) is -0.163. The Kier molecular flexibility index (Phi) is 4.16. The fourth-order valence-electron chi connectivity index (χ4n) is 2.29. The second-order valence-electron chi connectivity index (χ2n) is 5.19. The standard InChI is InChI=1S/C16H12N4O3S2/c21-14(7-20-16(22)19-5-2-1-3-13(19)18-20)23-8-12-10-25-15(17-12)11-4-6-24-9-11/h1-6,9-10H,7-8H2. The number of rotatable bonds is 5. The number of thiophene rings is 1. The zero-order valence-corrected chi connectivity index (χ0v) is 14.5. The molecule has 4 heterocycles. The molecule has 4 rings (SSSR count). The maximum absolute atomic E-state index is 12.1. The molecule has 0 N–H and O–H groups in total. The van der Waals surface area contributed by atoms with E-state index in [0.717, 1.165) is 15.3 Å². The van der Waals surface area contributed by atoms with Crippen molar-refractivity contribution >= 4 is 34.3 Å². The van der Waals surface area contributed by atoms with Crippen molar-refractivity contribution in [3.8, 4) is 10.6 Å². The van der Waals surface area contributed by atoms with Crippen LogP contribution in [-0.2, 0) is 22.7 Å². The molecule has 0 atom stereocenters. The first-order valence-electron chi connectivity index (χ1n) is 7.37. The monoisotopic (exact) mass is 372 g/mol. The summed E-state index contributed by atoms with van der Waals surface area (Å²) in [7, 11) is 0. The smallest absolute Gasteiger partial charge is 0.350 e. The van der Waals surface area contributed by atoms with Crippen molar-refractivity contribution in [2.45, 2.75) is 13.2 Å². The van der Waals surface area contributed by atoms with E-state index in [2.05, 4.69) is 10.1 Å². The summed E-state index contributed by atoms with van der Waals surface area (Å²) in [5, 5.41) is 10.9. The Hall–Kier alpha value is -2.78. The Morgan fingerprint density at radius 3 is 2.96 bits per heavy atom. The average molecular weight is 372 g/mol. The van der Waals surface area contributed by atoms with Gasteiger partial charge in [0.1, 0.15) is 18.2 Å². The van der Waals surface area contributed by atoms with Gasteiger partial charge in [0.15, 0.2) is 5.65 Å². The lowest BCUT2D eigenvalue weighted by molar-refractivity contribution is -0.146. The fraction of sp³-hybridized carbons (Fsp3) is 0.125. The minimum atomic E-state index is -0.532. The molecule has 0 spiro atoms. The van der Waals surface area contributed by atoms with Crippen LogP contribution in [-0.4, -0.2) is 25.1 Å². The van der Waals surface area contributed by atoms with Gasteiger partial charge < -0.3 is 4.74 Å². The molecule has 0 radical (unpaired) electrons. The number of aromatic nitrogens is 4. The molecule has 4 aromatic rings. The number of hydrogen-bond donors (Lipinski definition) is 0. The van der Waals surface area contributed by atoms with Crippen molar-refractivity contribution in [2.24, 2.45) is 0 Å². The van der Waals surface area contributed by atoms with Gasteiger partial charge in [-0.1, -0.05) is 6.07 Å². The predicted molar refractivity (Wildman–Crippen MR) is 94.7 cm³/mol. The van der Waals surface area contributed by atoms with E-state index in [1.807, 2.05) is 22.2 Å². The number of pyridine rings is 1. The van der Waals surface area contributed by atoms with Crippen molar-refractivity contribution in [2.75, 3.05) is 0 Å². The van der Waals surface area contributed by atoms with Gasteiger partial charge >= 0.3 is 11.7 Å². The lowest BCUT2D eigenvalue weighted by Crippen LogP contribution is -2.26. The highest BCUT2D eigenvalue weighted by atomic mass is 32.1. The molecule has 0 bridgehead atoms. The van der Waals surface area contributed by atoms with Crippen LogP contribution in [0.3, 0.4) is 0 Å². The predicted octanol–water partition coefficient (Wildman–Crippen LogP) is 2.42. The molecule has 7 nitrogen and oxygen atoms in total. The molecule has 0 aliphatic carbocycles. The molecule has 0 saturated carbocycles. The van der Waals surface area contributed by atoms with Gasteiger partial charge in [-0.05, 0) is 23.6 Å². The van der Waals surface area contributed by atoms with Gasteiger partial charge in [-0.25, -0.2) is 14.5 Å². The molecule has 4 aromatic heterocycles. The maximum atomic E-state index is 12.1. The van der Waals surface area contributed by atoms with E-state index in [1.165, 1.54) is 15.7 Å². The molecule has 0 aromatic carbocycles. The van der Waals surface area contributed by atoms with Crippen molar-refractivity contribution in [3.05, 3.63) is 62.8 Å². The van der Waals surface area contributed by atoms with E-state index < -0.39 is 5.97 Å². The third-order valence-electron chi connectivity index (χ3n) is 3.47. The number of hydrogen-bond acceptors (Lipinski definition) is 7. The van der Waals surface area contributed by atoms with Gasteiger partial charge in [0.2, 0.25) is 0 Å². The largest absolute Gasteiger partial charge is 0.458 e. The van der Waals surface area contributed by atoms with Crippen LogP contribution in [0.5, 0.6) is 0 Å². The summed E-state index contributed by atoms with van der Waals surface area (Å²) in [6, 6.07) is 7.20. The summed E-state index contributed by atoms with van der Waals surface area (Å²) >= 11 is 3.11. The Morgan fingerprint density at radius 2 is 2.16 bits per heavy atom. The highest BCUT2D eigenvalue weighted by Gasteiger charge is 2.12. The summed E-state index contributed by atoms with van der Waals surface area (Å²) in [5.74, 6) is -0.532. The SMILES string of the molecule is O=C(Cn1nc2ccccn2c1=O)OCc1csc(-c2ccsc2)n1. The first-order valence-corrected chi connectivity index (χ1v) is 9.20. The summed E-state index contributed by atoms with van der Waals surface area (Å²) in [4.78, 5) is 28.6. The lowest BCUT2D eigenvalue weighted by atomic mass is 10.4. The highest BCUT2D eigenvalue weighted by Crippen LogP contribution is 2.25. The van der Waals surface area contributed by atoms with Crippen molar-refractivity contribution in [1.29, 1.82) is 0 Å². The summed E-state index contributed by atoms with van der Waals surface area (Å²) < 4.78 is 7.68. The van der Waals surface area contributed by atoms with Crippen LogP contribution >= 0.6 is 22.7 Å². The first kappa shape index (κ1) is 15.7. The minimum absolute atomic E-state index is 0.0710. The van der Waals surface area contributed by atoms with Crippen molar-refractivity contribution in [1.82, 2.24) is 19.2 Å². The topological polar surface area (TPSA) is 78.5 Å². The van der Waals surface area contributed by atoms with E-state index in [9.17, 15) is 9.59 Å². The first-order chi connectivity index (χ1) is 12.2.